The van der Waals surface area contributed by atoms with Crippen molar-refractivity contribution in [3.63, 3.8) is 0 Å². The summed E-state index contributed by atoms with van der Waals surface area (Å²) in [4.78, 5) is 4.29. The molecule has 1 heterocycles. The molecule has 1 N–H and O–H groups in total. The molecule has 0 radical (unpaired) electrons. The van der Waals surface area contributed by atoms with Crippen molar-refractivity contribution in [1.29, 1.82) is 0 Å². The third kappa shape index (κ3) is 2.63. The highest BCUT2D eigenvalue weighted by atomic mass is 35.5. The minimum absolute atomic E-state index is 0.505. The van der Waals surface area contributed by atoms with E-state index in [1.807, 2.05) is 30.3 Å². The molecular formula is C16H11Cl2NO. The van der Waals surface area contributed by atoms with Crippen LogP contribution in [0, 0.1) is 0 Å². The Morgan fingerprint density at radius 1 is 0.900 bits per heavy atom. The maximum atomic E-state index is 10.5. The first kappa shape index (κ1) is 13.4. The monoisotopic (exact) mass is 303 g/mol. The molecule has 0 fully saturated rings. The summed E-state index contributed by atoms with van der Waals surface area (Å²) in [5, 5.41) is 12.5. The molecule has 20 heavy (non-hydrogen) atoms. The first-order valence-electron chi connectivity index (χ1n) is 6.12. The Morgan fingerprint density at radius 3 is 2.40 bits per heavy atom. The van der Waals surface area contributed by atoms with Gasteiger partial charge in [0, 0.05) is 21.6 Å². The van der Waals surface area contributed by atoms with E-state index >= 15 is 0 Å². The van der Waals surface area contributed by atoms with E-state index in [0.717, 1.165) is 16.5 Å². The number of aliphatic hydroxyl groups is 1. The molecule has 1 atom stereocenters. The van der Waals surface area contributed by atoms with Crippen LogP contribution in [-0.2, 0) is 0 Å². The molecule has 3 aromatic rings. The van der Waals surface area contributed by atoms with Gasteiger partial charge in [-0.1, -0.05) is 41.4 Å². The van der Waals surface area contributed by atoms with E-state index in [9.17, 15) is 5.11 Å². The van der Waals surface area contributed by atoms with E-state index in [4.69, 9.17) is 23.2 Å². The lowest BCUT2D eigenvalue weighted by Gasteiger charge is -2.13. The lowest BCUT2D eigenvalue weighted by atomic mass is 10.0. The Kier molecular flexibility index (Phi) is 3.62. The molecule has 0 spiro atoms. The molecule has 1 aromatic heterocycles. The third-order valence-corrected chi connectivity index (χ3v) is 3.58. The van der Waals surface area contributed by atoms with Crippen molar-refractivity contribution in [3.05, 3.63) is 75.9 Å². The van der Waals surface area contributed by atoms with Gasteiger partial charge in [-0.05, 0) is 41.5 Å². The fraction of sp³-hybridized carbons (Fsp3) is 0.0625. The zero-order valence-electron chi connectivity index (χ0n) is 10.4. The summed E-state index contributed by atoms with van der Waals surface area (Å²) in [6, 6.07) is 14.6. The van der Waals surface area contributed by atoms with E-state index in [1.54, 1.807) is 24.4 Å². The van der Waals surface area contributed by atoms with E-state index in [1.165, 1.54) is 0 Å². The van der Waals surface area contributed by atoms with Crippen LogP contribution in [0.5, 0.6) is 0 Å². The van der Waals surface area contributed by atoms with Crippen LogP contribution in [0.15, 0.2) is 54.7 Å². The Balaban J connectivity index is 2.05. The molecule has 4 heteroatoms. The second-order valence-corrected chi connectivity index (χ2v) is 5.43. The van der Waals surface area contributed by atoms with Crippen LogP contribution in [0.3, 0.4) is 0 Å². The van der Waals surface area contributed by atoms with Crippen molar-refractivity contribution in [2.45, 2.75) is 6.10 Å². The lowest BCUT2D eigenvalue weighted by molar-refractivity contribution is 0.220. The number of halogens is 2. The molecule has 0 saturated carbocycles. The van der Waals surface area contributed by atoms with Crippen LogP contribution >= 0.6 is 23.2 Å². The number of aromatic nitrogens is 1. The fourth-order valence-corrected chi connectivity index (χ4v) is 2.72. The van der Waals surface area contributed by atoms with Gasteiger partial charge in [-0.15, -0.1) is 0 Å². The topological polar surface area (TPSA) is 33.1 Å². The van der Waals surface area contributed by atoms with Gasteiger partial charge in [0.1, 0.15) is 6.10 Å². The Morgan fingerprint density at radius 2 is 1.65 bits per heavy atom. The summed E-state index contributed by atoms with van der Waals surface area (Å²) < 4.78 is 0. The van der Waals surface area contributed by atoms with Crippen molar-refractivity contribution in [2.24, 2.45) is 0 Å². The Labute approximate surface area is 126 Å². The van der Waals surface area contributed by atoms with Gasteiger partial charge in [-0.25, -0.2) is 0 Å². The molecule has 2 aromatic carbocycles. The Bertz CT molecular complexity index is 753. The molecule has 0 saturated heterocycles. The minimum Gasteiger partial charge on any atom is -0.384 e. The molecular weight excluding hydrogens is 293 g/mol. The van der Waals surface area contributed by atoms with Gasteiger partial charge >= 0.3 is 0 Å². The maximum Gasteiger partial charge on any atom is 0.104 e. The average Bonchev–Trinajstić information content (AvgIpc) is 2.45. The SMILES string of the molecule is OC(c1cc(Cl)cc(Cl)c1)c1ccc2cccnc2c1. The zero-order valence-corrected chi connectivity index (χ0v) is 11.9. The normalized spacial score (nSPS) is 12.6. The summed E-state index contributed by atoms with van der Waals surface area (Å²) in [6.07, 6.45) is 0.951. The number of pyridine rings is 1. The number of aliphatic hydroxyl groups excluding tert-OH is 1. The molecule has 0 aliphatic carbocycles. The quantitative estimate of drug-likeness (QED) is 0.749. The number of rotatable bonds is 2. The fourth-order valence-electron chi connectivity index (χ4n) is 2.18. The van der Waals surface area contributed by atoms with Gasteiger partial charge in [0.15, 0.2) is 0 Å². The number of nitrogens with zero attached hydrogens (tertiary/aromatic N) is 1. The molecule has 0 bridgehead atoms. The zero-order chi connectivity index (χ0) is 14.1. The molecule has 0 aliphatic heterocycles. The number of hydrogen-bond donors (Lipinski definition) is 1. The lowest BCUT2D eigenvalue weighted by Crippen LogP contribution is -2.00. The van der Waals surface area contributed by atoms with Crippen LogP contribution in [0.1, 0.15) is 17.2 Å². The van der Waals surface area contributed by atoms with E-state index in [0.29, 0.717) is 15.6 Å². The van der Waals surface area contributed by atoms with Gasteiger partial charge in [0.25, 0.3) is 0 Å². The van der Waals surface area contributed by atoms with Crippen LogP contribution in [0.2, 0.25) is 10.0 Å². The highest BCUT2D eigenvalue weighted by Gasteiger charge is 2.12. The number of hydrogen-bond acceptors (Lipinski definition) is 2. The first-order valence-corrected chi connectivity index (χ1v) is 6.88. The van der Waals surface area contributed by atoms with Crippen molar-refractivity contribution >= 4 is 34.1 Å². The molecule has 0 aliphatic rings. The average molecular weight is 304 g/mol. The first-order chi connectivity index (χ1) is 9.63. The van der Waals surface area contributed by atoms with Gasteiger partial charge in [0.05, 0.1) is 5.52 Å². The van der Waals surface area contributed by atoms with Gasteiger partial charge < -0.3 is 5.11 Å². The van der Waals surface area contributed by atoms with Crippen LogP contribution in [0.25, 0.3) is 10.9 Å². The second-order valence-electron chi connectivity index (χ2n) is 4.56. The molecule has 0 amide bonds. The summed E-state index contributed by atoms with van der Waals surface area (Å²) >= 11 is 11.9. The number of benzene rings is 2. The molecule has 100 valence electrons. The predicted molar refractivity (Wildman–Crippen MR) is 82.3 cm³/mol. The van der Waals surface area contributed by atoms with Crippen molar-refractivity contribution in [3.8, 4) is 0 Å². The smallest absolute Gasteiger partial charge is 0.104 e. The van der Waals surface area contributed by atoms with Crippen LogP contribution < -0.4 is 0 Å². The predicted octanol–water partition coefficient (Wildman–Crippen LogP) is 4.62. The maximum absolute atomic E-state index is 10.5. The molecule has 3 rings (SSSR count). The number of fused-ring (bicyclic) bond motifs is 1. The van der Waals surface area contributed by atoms with Crippen LogP contribution in [0.4, 0.5) is 0 Å². The largest absolute Gasteiger partial charge is 0.384 e. The molecule has 1 unspecified atom stereocenters. The van der Waals surface area contributed by atoms with Crippen molar-refractivity contribution in [1.82, 2.24) is 4.98 Å². The Hall–Kier alpha value is -1.61. The van der Waals surface area contributed by atoms with Gasteiger partial charge in [-0.2, -0.15) is 0 Å². The third-order valence-electron chi connectivity index (χ3n) is 3.15. The summed E-state index contributed by atoms with van der Waals surface area (Å²) in [5.74, 6) is 0. The van der Waals surface area contributed by atoms with E-state index in [-0.39, 0.29) is 0 Å². The highest BCUT2D eigenvalue weighted by Crippen LogP contribution is 2.29. The van der Waals surface area contributed by atoms with Gasteiger partial charge in [0.2, 0.25) is 0 Å². The minimum atomic E-state index is -0.780. The second kappa shape index (κ2) is 5.41. The van der Waals surface area contributed by atoms with Crippen molar-refractivity contribution in [2.75, 3.05) is 0 Å². The van der Waals surface area contributed by atoms with Gasteiger partial charge in [-0.3, -0.25) is 4.98 Å². The summed E-state index contributed by atoms with van der Waals surface area (Å²) in [6.45, 7) is 0. The standard InChI is InChI=1S/C16H11Cl2NO/c17-13-6-12(7-14(18)9-13)16(20)11-4-3-10-2-1-5-19-15(10)8-11/h1-9,16,20H. The van der Waals surface area contributed by atoms with E-state index in [2.05, 4.69) is 4.98 Å². The summed E-state index contributed by atoms with van der Waals surface area (Å²) in [5.41, 5.74) is 2.27. The van der Waals surface area contributed by atoms with Crippen molar-refractivity contribution < 1.29 is 5.11 Å². The van der Waals surface area contributed by atoms with E-state index < -0.39 is 6.10 Å². The van der Waals surface area contributed by atoms with Crippen LogP contribution in [-0.4, -0.2) is 10.1 Å². The highest BCUT2D eigenvalue weighted by molar-refractivity contribution is 6.34. The molecule has 2 nitrogen and oxygen atoms in total. The summed E-state index contributed by atoms with van der Waals surface area (Å²) in [7, 11) is 0.